The van der Waals surface area contributed by atoms with Crippen LogP contribution in [0.4, 0.5) is 0 Å². The van der Waals surface area contributed by atoms with E-state index in [0.29, 0.717) is 0 Å². The second-order valence-corrected chi connectivity index (χ2v) is 5.46. The van der Waals surface area contributed by atoms with E-state index in [1.54, 1.807) is 0 Å². The van der Waals surface area contributed by atoms with Crippen LogP contribution in [0.2, 0.25) is 5.02 Å². The van der Waals surface area contributed by atoms with Crippen LogP contribution in [-0.4, -0.2) is 0 Å². The van der Waals surface area contributed by atoms with Crippen molar-refractivity contribution in [3.05, 3.63) is 75.8 Å². The SMILES string of the molecule is C=Cc1cc(C)cc(CCc2ccc(C)cc2Cl)c1. The van der Waals surface area contributed by atoms with Crippen molar-refractivity contribution in [1.82, 2.24) is 0 Å². The summed E-state index contributed by atoms with van der Waals surface area (Å²) in [4.78, 5) is 0. The fourth-order valence-corrected chi connectivity index (χ4v) is 2.62. The Morgan fingerprint density at radius 3 is 2.47 bits per heavy atom. The quantitative estimate of drug-likeness (QED) is 0.699. The summed E-state index contributed by atoms with van der Waals surface area (Å²) in [5.41, 5.74) is 6.23. The van der Waals surface area contributed by atoms with Gasteiger partial charge in [0.05, 0.1) is 0 Å². The molecule has 0 bridgehead atoms. The molecule has 2 aromatic rings. The molecule has 0 saturated heterocycles. The van der Waals surface area contributed by atoms with Crippen molar-refractivity contribution in [2.24, 2.45) is 0 Å². The van der Waals surface area contributed by atoms with Crippen LogP contribution in [0.5, 0.6) is 0 Å². The molecule has 0 fully saturated rings. The van der Waals surface area contributed by atoms with Gasteiger partial charge < -0.3 is 0 Å². The normalized spacial score (nSPS) is 10.5. The number of rotatable bonds is 4. The first-order valence-corrected chi connectivity index (χ1v) is 6.94. The van der Waals surface area contributed by atoms with Gasteiger partial charge in [-0.2, -0.15) is 0 Å². The molecule has 19 heavy (non-hydrogen) atoms. The third kappa shape index (κ3) is 3.71. The van der Waals surface area contributed by atoms with Gasteiger partial charge in [0, 0.05) is 5.02 Å². The topological polar surface area (TPSA) is 0 Å². The minimum Gasteiger partial charge on any atom is -0.0985 e. The molecular formula is C18H19Cl. The Balaban J connectivity index is 2.14. The second-order valence-electron chi connectivity index (χ2n) is 5.05. The van der Waals surface area contributed by atoms with Crippen LogP contribution in [0.25, 0.3) is 6.08 Å². The average molecular weight is 271 g/mol. The summed E-state index contributed by atoms with van der Waals surface area (Å²) in [6.07, 6.45) is 3.87. The molecule has 0 spiro atoms. The Kier molecular flexibility index (Phi) is 4.44. The maximum atomic E-state index is 6.27. The van der Waals surface area contributed by atoms with Crippen LogP contribution in [0, 0.1) is 13.8 Å². The molecule has 0 aliphatic carbocycles. The van der Waals surface area contributed by atoms with E-state index >= 15 is 0 Å². The zero-order valence-corrected chi connectivity index (χ0v) is 12.3. The summed E-state index contributed by atoms with van der Waals surface area (Å²) in [7, 11) is 0. The van der Waals surface area contributed by atoms with Crippen LogP contribution in [0.3, 0.4) is 0 Å². The highest BCUT2D eigenvalue weighted by Crippen LogP contribution is 2.20. The lowest BCUT2D eigenvalue weighted by molar-refractivity contribution is 0.957. The lowest BCUT2D eigenvalue weighted by atomic mass is 10.00. The summed E-state index contributed by atoms with van der Waals surface area (Å²) >= 11 is 6.27. The van der Waals surface area contributed by atoms with Crippen LogP contribution in [-0.2, 0) is 12.8 Å². The molecule has 0 aliphatic rings. The molecule has 0 aromatic heterocycles. The summed E-state index contributed by atoms with van der Waals surface area (Å²) in [6, 6.07) is 12.9. The number of hydrogen-bond acceptors (Lipinski definition) is 0. The Morgan fingerprint density at radius 1 is 1.00 bits per heavy atom. The van der Waals surface area contributed by atoms with Crippen LogP contribution >= 0.6 is 11.6 Å². The van der Waals surface area contributed by atoms with Gasteiger partial charge in [0.1, 0.15) is 0 Å². The van der Waals surface area contributed by atoms with Crippen molar-refractivity contribution < 1.29 is 0 Å². The molecule has 2 aromatic carbocycles. The summed E-state index contributed by atoms with van der Waals surface area (Å²) in [5.74, 6) is 0. The van der Waals surface area contributed by atoms with Gasteiger partial charge in [-0.1, -0.05) is 60.2 Å². The first-order chi connectivity index (χ1) is 9.08. The fourth-order valence-electron chi connectivity index (χ4n) is 2.29. The molecule has 0 heterocycles. The predicted octanol–water partition coefficient (Wildman–Crippen LogP) is 5.39. The van der Waals surface area contributed by atoms with Crippen LogP contribution in [0.15, 0.2) is 43.0 Å². The van der Waals surface area contributed by atoms with Gasteiger partial charge in [0.2, 0.25) is 0 Å². The largest absolute Gasteiger partial charge is 0.0985 e. The van der Waals surface area contributed by atoms with Crippen molar-refractivity contribution in [3.8, 4) is 0 Å². The van der Waals surface area contributed by atoms with E-state index in [2.05, 4.69) is 50.8 Å². The second kappa shape index (κ2) is 6.08. The Labute approximate surface area is 120 Å². The Morgan fingerprint density at radius 2 is 1.79 bits per heavy atom. The summed E-state index contributed by atoms with van der Waals surface area (Å²) < 4.78 is 0. The van der Waals surface area contributed by atoms with Crippen molar-refractivity contribution in [1.29, 1.82) is 0 Å². The molecular weight excluding hydrogens is 252 g/mol. The van der Waals surface area contributed by atoms with E-state index < -0.39 is 0 Å². The molecule has 0 amide bonds. The third-order valence-corrected chi connectivity index (χ3v) is 3.64. The minimum atomic E-state index is 0.872. The van der Waals surface area contributed by atoms with Crippen LogP contribution in [0.1, 0.15) is 27.8 Å². The lowest BCUT2D eigenvalue weighted by Crippen LogP contribution is -1.94. The van der Waals surface area contributed by atoms with Gasteiger partial charge in [0.25, 0.3) is 0 Å². The van der Waals surface area contributed by atoms with E-state index in [4.69, 9.17) is 11.6 Å². The fraction of sp³-hybridized carbons (Fsp3) is 0.222. The van der Waals surface area contributed by atoms with Crippen molar-refractivity contribution in [3.63, 3.8) is 0 Å². The molecule has 0 nitrogen and oxygen atoms in total. The zero-order valence-electron chi connectivity index (χ0n) is 11.5. The number of hydrogen-bond donors (Lipinski definition) is 0. The highest BCUT2D eigenvalue weighted by Gasteiger charge is 2.02. The van der Waals surface area contributed by atoms with Gasteiger partial charge in [-0.3, -0.25) is 0 Å². The molecule has 0 aliphatic heterocycles. The number of aryl methyl sites for hydroxylation is 4. The lowest BCUT2D eigenvalue weighted by Gasteiger charge is -2.07. The predicted molar refractivity (Wildman–Crippen MR) is 84.9 cm³/mol. The van der Waals surface area contributed by atoms with Crippen molar-refractivity contribution in [2.45, 2.75) is 26.7 Å². The standard InChI is InChI=1S/C18H19Cl/c1-4-15-9-14(3)10-16(12-15)6-8-17-7-5-13(2)11-18(17)19/h4-5,7,9-12H,1,6,8H2,2-3H3. The van der Waals surface area contributed by atoms with E-state index in [-0.39, 0.29) is 0 Å². The molecule has 0 saturated carbocycles. The summed E-state index contributed by atoms with van der Waals surface area (Å²) in [6.45, 7) is 8.02. The molecule has 0 unspecified atom stereocenters. The highest BCUT2D eigenvalue weighted by atomic mass is 35.5. The first kappa shape index (κ1) is 13.9. The molecule has 0 N–H and O–H groups in total. The van der Waals surface area contributed by atoms with Gasteiger partial charge in [0.15, 0.2) is 0 Å². The van der Waals surface area contributed by atoms with E-state index in [9.17, 15) is 0 Å². The number of benzene rings is 2. The first-order valence-electron chi connectivity index (χ1n) is 6.56. The van der Waals surface area contributed by atoms with Crippen molar-refractivity contribution >= 4 is 17.7 Å². The molecule has 98 valence electrons. The van der Waals surface area contributed by atoms with Crippen LogP contribution < -0.4 is 0 Å². The minimum absolute atomic E-state index is 0.872. The Hall–Kier alpha value is -1.53. The van der Waals surface area contributed by atoms with Gasteiger partial charge >= 0.3 is 0 Å². The third-order valence-electron chi connectivity index (χ3n) is 3.29. The molecule has 0 radical (unpaired) electrons. The zero-order chi connectivity index (χ0) is 13.8. The van der Waals surface area contributed by atoms with E-state index in [1.165, 1.54) is 27.8 Å². The molecule has 0 atom stereocenters. The van der Waals surface area contributed by atoms with Gasteiger partial charge in [-0.05, 0) is 55.0 Å². The molecule has 1 heteroatoms. The number of halogens is 1. The monoisotopic (exact) mass is 270 g/mol. The summed E-state index contributed by atoms with van der Waals surface area (Å²) in [5, 5.41) is 0.872. The smallest absolute Gasteiger partial charge is 0.0440 e. The maximum absolute atomic E-state index is 6.27. The van der Waals surface area contributed by atoms with Crippen molar-refractivity contribution in [2.75, 3.05) is 0 Å². The van der Waals surface area contributed by atoms with E-state index in [1.807, 2.05) is 12.1 Å². The van der Waals surface area contributed by atoms with Gasteiger partial charge in [-0.15, -0.1) is 0 Å². The molecule has 2 rings (SSSR count). The van der Waals surface area contributed by atoms with E-state index in [0.717, 1.165) is 17.9 Å². The maximum Gasteiger partial charge on any atom is 0.0440 e. The van der Waals surface area contributed by atoms with Gasteiger partial charge in [-0.25, -0.2) is 0 Å². The Bertz CT molecular complexity index is 597. The average Bonchev–Trinajstić information content (AvgIpc) is 2.37. The highest BCUT2D eigenvalue weighted by molar-refractivity contribution is 6.31.